The number of hydrogen-bond donors (Lipinski definition) is 2. The van der Waals surface area contributed by atoms with E-state index in [9.17, 15) is 4.79 Å². The highest BCUT2D eigenvalue weighted by Gasteiger charge is 2.47. The monoisotopic (exact) mass is 426 g/mol. The molecule has 2 N–H and O–H groups in total. The van der Waals surface area contributed by atoms with E-state index in [1.165, 1.54) is 29.5 Å². The molecule has 5 nitrogen and oxygen atoms in total. The number of nitriles is 1. The lowest BCUT2D eigenvalue weighted by atomic mass is 9.78. The van der Waals surface area contributed by atoms with Crippen molar-refractivity contribution in [3.8, 4) is 6.07 Å². The predicted molar refractivity (Wildman–Crippen MR) is 128 cm³/mol. The minimum Gasteiger partial charge on any atom is -0.378 e. The summed E-state index contributed by atoms with van der Waals surface area (Å²) in [6.07, 6.45) is 5.67. The number of rotatable bonds is 4. The molecule has 0 aromatic heterocycles. The number of carbonyl (C=O) groups is 1. The van der Waals surface area contributed by atoms with Gasteiger partial charge < -0.3 is 15.5 Å². The lowest BCUT2D eigenvalue weighted by Crippen LogP contribution is -2.51. The van der Waals surface area contributed by atoms with Crippen LogP contribution in [-0.4, -0.2) is 25.0 Å². The summed E-state index contributed by atoms with van der Waals surface area (Å²) in [6, 6.07) is 16.8. The van der Waals surface area contributed by atoms with Gasteiger partial charge in [0.1, 0.15) is 0 Å². The van der Waals surface area contributed by atoms with Gasteiger partial charge in [-0.15, -0.1) is 0 Å². The average molecular weight is 427 g/mol. The topological polar surface area (TPSA) is 68.2 Å². The van der Waals surface area contributed by atoms with Crippen LogP contribution in [0.2, 0.25) is 0 Å². The molecule has 164 valence electrons. The van der Waals surface area contributed by atoms with Crippen LogP contribution in [0.25, 0.3) is 5.57 Å². The number of carbonyl (C=O) groups excluding carboxylic acids is 1. The molecule has 1 saturated carbocycles. The van der Waals surface area contributed by atoms with Gasteiger partial charge in [-0.25, -0.2) is 0 Å². The van der Waals surface area contributed by atoms with E-state index in [2.05, 4.69) is 52.8 Å². The fourth-order valence-corrected chi connectivity index (χ4v) is 5.47. The maximum atomic E-state index is 12.8. The van der Waals surface area contributed by atoms with E-state index in [4.69, 9.17) is 5.26 Å². The van der Waals surface area contributed by atoms with Crippen LogP contribution >= 0.6 is 0 Å². The van der Waals surface area contributed by atoms with Gasteiger partial charge in [-0.1, -0.05) is 19.1 Å². The highest BCUT2D eigenvalue weighted by Crippen LogP contribution is 2.50. The molecule has 0 bridgehead atoms. The standard InChI is InChI=1S/C27H30N4O/c1-17-26(30-23-8-3-19(16-28)4-9-23)24-15-22(20-11-13-29-14-12-20)7-10-25(24)31(18(2)32)27(17)21-5-6-21/h3-4,7-11,15,17,21,26-27,29-30H,5-6,12-14H2,1-2H3/t17-,26-,27-/m1/s1. The van der Waals surface area contributed by atoms with Crippen molar-refractivity contribution in [2.45, 2.75) is 45.2 Å². The fourth-order valence-electron chi connectivity index (χ4n) is 5.47. The molecule has 2 aromatic rings. The first-order chi connectivity index (χ1) is 15.6. The molecule has 0 spiro atoms. The third-order valence-corrected chi connectivity index (χ3v) is 7.20. The Hall–Kier alpha value is -3.10. The fraction of sp³-hybridized carbons (Fsp3) is 0.407. The number of amides is 1. The van der Waals surface area contributed by atoms with Gasteiger partial charge in [-0.2, -0.15) is 5.26 Å². The zero-order chi connectivity index (χ0) is 22.2. The summed E-state index contributed by atoms with van der Waals surface area (Å²) in [6.45, 7) is 5.87. The normalized spacial score (nSPS) is 24.8. The summed E-state index contributed by atoms with van der Waals surface area (Å²) < 4.78 is 0. The van der Waals surface area contributed by atoms with Crippen molar-refractivity contribution in [3.63, 3.8) is 0 Å². The number of anilines is 2. The number of nitrogens with zero attached hydrogens (tertiary/aromatic N) is 2. The van der Waals surface area contributed by atoms with E-state index in [-0.39, 0.29) is 23.9 Å². The van der Waals surface area contributed by atoms with Gasteiger partial charge in [0, 0.05) is 36.8 Å². The van der Waals surface area contributed by atoms with Crippen LogP contribution in [0.5, 0.6) is 0 Å². The molecule has 5 rings (SSSR count). The van der Waals surface area contributed by atoms with Crippen molar-refractivity contribution < 1.29 is 4.79 Å². The third kappa shape index (κ3) is 3.80. The summed E-state index contributed by atoms with van der Waals surface area (Å²) in [5.41, 5.74) is 6.51. The molecule has 0 unspecified atom stereocenters. The van der Waals surface area contributed by atoms with E-state index in [1.54, 1.807) is 6.92 Å². The van der Waals surface area contributed by atoms with Gasteiger partial charge in [0.2, 0.25) is 5.91 Å². The highest BCUT2D eigenvalue weighted by molar-refractivity contribution is 5.94. The molecule has 32 heavy (non-hydrogen) atoms. The number of nitrogens with one attached hydrogen (secondary N) is 2. The average Bonchev–Trinajstić information content (AvgIpc) is 3.66. The summed E-state index contributed by atoms with van der Waals surface area (Å²) in [4.78, 5) is 14.9. The number of hydrogen-bond acceptors (Lipinski definition) is 4. The van der Waals surface area contributed by atoms with Gasteiger partial charge in [0.05, 0.1) is 17.7 Å². The molecular weight excluding hydrogens is 396 g/mol. The van der Waals surface area contributed by atoms with Crippen LogP contribution in [0.15, 0.2) is 48.5 Å². The van der Waals surface area contributed by atoms with Crippen LogP contribution < -0.4 is 15.5 Å². The first-order valence-corrected chi connectivity index (χ1v) is 11.7. The Morgan fingerprint density at radius 3 is 2.59 bits per heavy atom. The summed E-state index contributed by atoms with van der Waals surface area (Å²) >= 11 is 0. The molecule has 2 aromatic carbocycles. The molecule has 0 radical (unpaired) electrons. The molecule has 5 heteroatoms. The van der Waals surface area contributed by atoms with Gasteiger partial charge in [0.25, 0.3) is 0 Å². The van der Waals surface area contributed by atoms with E-state index < -0.39 is 0 Å². The highest BCUT2D eigenvalue weighted by atomic mass is 16.2. The first-order valence-electron chi connectivity index (χ1n) is 11.7. The molecule has 1 fully saturated rings. The molecule has 2 aliphatic heterocycles. The number of fused-ring (bicyclic) bond motifs is 1. The largest absolute Gasteiger partial charge is 0.378 e. The van der Waals surface area contributed by atoms with Crippen molar-refractivity contribution in [1.82, 2.24) is 5.32 Å². The van der Waals surface area contributed by atoms with Crippen molar-refractivity contribution in [2.24, 2.45) is 11.8 Å². The molecule has 1 amide bonds. The van der Waals surface area contributed by atoms with E-state index in [0.29, 0.717) is 11.5 Å². The third-order valence-electron chi connectivity index (χ3n) is 7.20. The Balaban J connectivity index is 1.59. The SMILES string of the molecule is CC(=O)N1c2ccc(C3=CCNCC3)cc2[C@H](Nc2ccc(C#N)cc2)[C@@H](C)[C@@H]1C1CC1. The van der Waals surface area contributed by atoms with Gasteiger partial charge in [-0.3, -0.25) is 4.79 Å². The molecule has 0 saturated heterocycles. The smallest absolute Gasteiger partial charge is 0.224 e. The van der Waals surface area contributed by atoms with E-state index >= 15 is 0 Å². The van der Waals surface area contributed by atoms with Crippen LogP contribution in [0.3, 0.4) is 0 Å². The first kappa shape index (κ1) is 20.8. The second kappa shape index (κ2) is 8.44. The Bertz CT molecular complexity index is 1090. The van der Waals surface area contributed by atoms with Crippen LogP contribution in [0, 0.1) is 23.2 Å². The molecule has 3 aliphatic rings. The predicted octanol–water partition coefficient (Wildman–Crippen LogP) is 4.87. The second-order valence-corrected chi connectivity index (χ2v) is 9.34. The van der Waals surface area contributed by atoms with Crippen molar-refractivity contribution >= 4 is 22.9 Å². The molecule has 2 heterocycles. The van der Waals surface area contributed by atoms with Crippen molar-refractivity contribution in [2.75, 3.05) is 23.3 Å². The molecule has 1 aliphatic carbocycles. The van der Waals surface area contributed by atoms with Gasteiger partial charge >= 0.3 is 0 Å². The lowest BCUT2D eigenvalue weighted by molar-refractivity contribution is -0.117. The maximum Gasteiger partial charge on any atom is 0.224 e. The lowest BCUT2D eigenvalue weighted by Gasteiger charge is -2.46. The Morgan fingerprint density at radius 2 is 1.97 bits per heavy atom. The quantitative estimate of drug-likeness (QED) is 0.732. The van der Waals surface area contributed by atoms with Crippen LogP contribution in [-0.2, 0) is 4.79 Å². The van der Waals surface area contributed by atoms with Crippen molar-refractivity contribution in [3.05, 3.63) is 65.2 Å². The summed E-state index contributed by atoms with van der Waals surface area (Å²) in [7, 11) is 0. The van der Waals surface area contributed by atoms with Crippen LogP contribution in [0.1, 0.15) is 55.8 Å². The summed E-state index contributed by atoms with van der Waals surface area (Å²) in [5.74, 6) is 0.964. The molecule has 3 atom stereocenters. The number of benzene rings is 2. The second-order valence-electron chi connectivity index (χ2n) is 9.34. The Morgan fingerprint density at radius 1 is 1.19 bits per heavy atom. The van der Waals surface area contributed by atoms with E-state index in [0.717, 1.165) is 30.9 Å². The van der Waals surface area contributed by atoms with Gasteiger partial charge in [-0.05, 0) is 84.8 Å². The van der Waals surface area contributed by atoms with Crippen molar-refractivity contribution in [1.29, 1.82) is 5.26 Å². The zero-order valence-corrected chi connectivity index (χ0v) is 18.8. The minimum atomic E-state index is 0.0985. The molecular formula is C27H30N4O. The summed E-state index contributed by atoms with van der Waals surface area (Å²) in [5, 5.41) is 16.3. The Labute approximate surface area is 190 Å². The minimum absolute atomic E-state index is 0.0985. The maximum absolute atomic E-state index is 12.8. The van der Waals surface area contributed by atoms with Crippen LogP contribution in [0.4, 0.5) is 11.4 Å². The van der Waals surface area contributed by atoms with E-state index in [1.807, 2.05) is 24.3 Å². The zero-order valence-electron chi connectivity index (χ0n) is 18.8. The Kier molecular flexibility index (Phi) is 5.48. The van der Waals surface area contributed by atoms with Gasteiger partial charge in [0.15, 0.2) is 0 Å².